The fraction of sp³-hybridized carbons (Fsp3) is 0.600. The van der Waals surface area contributed by atoms with E-state index in [1.807, 2.05) is 6.07 Å². The van der Waals surface area contributed by atoms with Crippen LogP contribution in [0, 0.1) is 0 Å². The van der Waals surface area contributed by atoms with Crippen molar-refractivity contribution >= 4 is 7.60 Å². The molecule has 0 aliphatic carbocycles. The molecule has 2 rings (SSSR count). The maximum absolute atomic E-state index is 12.0. The fourth-order valence-corrected chi connectivity index (χ4v) is 3.77. The predicted molar refractivity (Wildman–Crippen MR) is 59.6 cm³/mol. The first-order valence-electron chi connectivity index (χ1n) is 5.35. The number of nitrogens with one attached hydrogen (secondary N) is 1. The highest BCUT2D eigenvalue weighted by molar-refractivity contribution is 7.53. The van der Waals surface area contributed by atoms with Crippen molar-refractivity contribution in [1.29, 1.82) is 0 Å². The maximum atomic E-state index is 12.0. The quantitative estimate of drug-likeness (QED) is 0.787. The van der Waals surface area contributed by atoms with Crippen molar-refractivity contribution in [3.63, 3.8) is 0 Å². The molecule has 1 aromatic rings. The molecule has 16 heavy (non-hydrogen) atoms. The summed E-state index contributed by atoms with van der Waals surface area (Å²) in [5, 5.41) is 3.12. The third kappa shape index (κ3) is 2.23. The van der Waals surface area contributed by atoms with E-state index in [9.17, 15) is 9.46 Å². The van der Waals surface area contributed by atoms with Crippen LogP contribution in [0.15, 0.2) is 23.0 Å². The van der Waals surface area contributed by atoms with E-state index < -0.39 is 7.60 Å². The molecular formula is C10H16NO4P. The summed E-state index contributed by atoms with van der Waals surface area (Å²) in [6.45, 7) is 3.16. The lowest BCUT2D eigenvalue weighted by atomic mass is 10.0. The van der Waals surface area contributed by atoms with Gasteiger partial charge >= 0.3 is 7.60 Å². The van der Waals surface area contributed by atoms with Crippen LogP contribution >= 0.6 is 7.60 Å². The zero-order valence-corrected chi connectivity index (χ0v) is 10.0. The van der Waals surface area contributed by atoms with E-state index in [4.69, 9.17) is 8.94 Å². The van der Waals surface area contributed by atoms with Gasteiger partial charge < -0.3 is 19.2 Å². The molecule has 2 N–H and O–H groups in total. The minimum Gasteiger partial charge on any atom is -0.472 e. The van der Waals surface area contributed by atoms with Crippen molar-refractivity contribution in [3.05, 3.63) is 24.2 Å². The molecule has 1 aliphatic rings. The molecule has 3 unspecified atom stereocenters. The molecule has 90 valence electrons. The van der Waals surface area contributed by atoms with Gasteiger partial charge in [0.1, 0.15) is 0 Å². The lowest BCUT2D eigenvalue weighted by molar-refractivity contribution is 0.263. The summed E-state index contributed by atoms with van der Waals surface area (Å²) in [4.78, 5) is 9.85. The van der Waals surface area contributed by atoms with E-state index in [0.717, 1.165) is 5.56 Å². The van der Waals surface area contributed by atoms with Gasteiger partial charge in [-0.3, -0.25) is 4.57 Å². The molecule has 1 aliphatic heterocycles. The second-order valence-electron chi connectivity index (χ2n) is 3.87. The molecule has 0 spiro atoms. The Morgan fingerprint density at radius 2 is 2.50 bits per heavy atom. The van der Waals surface area contributed by atoms with Crippen LogP contribution in [0.5, 0.6) is 0 Å². The number of hydrogen-bond donors (Lipinski definition) is 2. The average Bonchev–Trinajstić information content (AvgIpc) is 2.88. The predicted octanol–water partition coefficient (Wildman–Crippen LogP) is 1.56. The monoisotopic (exact) mass is 245 g/mol. The Bertz CT molecular complexity index is 378. The van der Waals surface area contributed by atoms with Crippen molar-refractivity contribution in [1.82, 2.24) is 5.32 Å². The molecule has 0 amide bonds. The van der Waals surface area contributed by atoms with Crippen molar-refractivity contribution in [3.8, 4) is 0 Å². The molecule has 1 aromatic heterocycles. The Labute approximate surface area is 94.3 Å². The molecule has 1 fully saturated rings. The third-order valence-electron chi connectivity index (χ3n) is 2.89. The molecule has 1 saturated heterocycles. The van der Waals surface area contributed by atoms with E-state index in [-0.39, 0.29) is 18.2 Å². The summed E-state index contributed by atoms with van der Waals surface area (Å²) in [5.41, 5.74) is 0.564. The number of hydrogen-bond acceptors (Lipinski definition) is 4. The standard InChI is InChI=1S/C10H16NO4P/c1-2-15-16(12,13)10-6-11-5-9(10)8-3-4-14-7-8/h3-4,7,9-11H,2,5-6H2,1H3,(H,12,13). The van der Waals surface area contributed by atoms with Crippen LogP contribution in [-0.2, 0) is 9.09 Å². The van der Waals surface area contributed by atoms with Crippen molar-refractivity contribution in [2.75, 3.05) is 19.7 Å². The van der Waals surface area contributed by atoms with Crippen molar-refractivity contribution in [2.45, 2.75) is 18.5 Å². The summed E-state index contributed by atoms with van der Waals surface area (Å²) in [7, 11) is -3.54. The van der Waals surface area contributed by atoms with Crippen molar-refractivity contribution < 1.29 is 18.4 Å². The normalized spacial score (nSPS) is 29.1. The van der Waals surface area contributed by atoms with E-state index in [1.54, 1.807) is 19.5 Å². The molecule has 2 heterocycles. The van der Waals surface area contributed by atoms with Crippen LogP contribution < -0.4 is 5.32 Å². The molecule has 0 saturated carbocycles. The van der Waals surface area contributed by atoms with Crippen LogP contribution in [0.4, 0.5) is 0 Å². The summed E-state index contributed by atoms with van der Waals surface area (Å²) >= 11 is 0. The Kier molecular flexibility index (Phi) is 3.50. The van der Waals surface area contributed by atoms with Gasteiger partial charge in [-0.2, -0.15) is 0 Å². The highest BCUT2D eigenvalue weighted by atomic mass is 31.2. The Balaban J connectivity index is 2.18. The molecular weight excluding hydrogens is 229 g/mol. The largest absolute Gasteiger partial charge is 0.472 e. The minimum atomic E-state index is -3.54. The molecule has 0 bridgehead atoms. The van der Waals surface area contributed by atoms with Crippen LogP contribution in [0.1, 0.15) is 18.4 Å². The highest BCUT2D eigenvalue weighted by Crippen LogP contribution is 2.53. The van der Waals surface area contributed by atoms with Crippen LogP contribution in [0.2, 0.25) is 0 Å². The molecule has 0 radical (unpaired) electrons. The second kappa shape index (κ2) is 4.72. The van der Waals surface area contributed by atoms with Crippen LogP contribution in [0.3, 0.4) is 0 Å². The summed E-state index contributed by atoms with van der Waals surface area (Å²) in [6, 6.07) is 1.83. The van der Waals surface area contributed by atoms with Crippen molar-refractivity contribution in [2.24, 2.45) is 0 Å². The van der Waals surface area contributed by atoms with Crippen LogP contribution in [-0.4, -0.2) is 30.2 Å². The summed E-state index contributed by atoms with van der Waals surface area (Å²) in [6.07, 6.45) is 3.20. The zero-order valence-electron chi connectivity index (χ0n) is 9.13. The maximum Gasteiger partial charge on any atom is 0.333 e. The zero-order chi connectivity index (χ0) is 11.6. The highest BCUT2D eigenvalue weighted by Gasteiger charge is 2.42. The summed E-state index contributed by atoms with van der Waals surface area (Å²) < 4.78 is 22.0. The van der Waals surface area contributed by atoms with Gasteiger partial charge in [0.15, 0.2) is 0 Å². The van der Waals surface area contributed by atoms with E-state index >= 15 is 0 Å². The van der Waals surface area contributed by atoms with E-state index in [1.165, 1.54) is 0 Å². The molecule has 6 heteroatoms. The van der Waals surface area contributed by atoms with Gasteiger partial charge in [0.05, 0.1) is 24.8 Å². The van der Waals surface area contributed by atoms with E-state index in [0.29, 0.717) is 13.1 Å². The first-order valence-corrected chi connectivity index (χ1v) is 6.99. The van der Waals surface area contributed by atoms with Gasteiger partial charge in [0, 0.05) is 19.0 Å². The van der Waals surface area contributed by atoms with Gasteiger partial charge in [-0.15, -0.1) is 0 Å². The topological polar surface area (TPSA) is 71.7 Å². The minimum absolute atomic E-state index is 0.0128. The number of rotatable bonds is 4. The Morgan fingerprint density at radius 1 is 1.69 bits per heavy atom. The molecule has 3 atom stereocenters. The first kappa shape index (κ1) is 11.9. The Hall–Kier alpha value is -0.610. The van der Waals surface area contributed by atoms with E-state index in [2.05, 4.69) is 5.32 Å². The summed E-state index contributed by atoms with van der Waals surface area (Å²) in [5.74, 6) is -0.0128. The van der Waals surface area contributed by atoms with Gasteiger partial charge in [0.2, 0.25) is 0 Å². The smallest absolute Gasteiger partial charge is 0.333 e. The third-order valence-corrected chi connectivity index (χ3v) is 4.90. The van der Waals surface area contributed by atoms with Gasteiger partial charge in [-0.25, -0.2) is 0 Å². The van der Waals surface area contributed by atoms with Crippen LogP contribution in [0.25, 0.3) is 0 Å². The number of furan rings is 1. The van der Waals surface area contributed by atoms with Gasteiger partial charge in [-0.05, 0) is 18.6 Å². The van der Waals surface area contributed by atoms with Gasteiger partial charge in [-0.1, -0.05) is 0 Å². The molecule has 5 nitrogen and oxygen atoms in total. The lowest BCUT2D eigenvalue weighted by Crippen LogP contribution is -2.19. The average molecular weight is 245 g/mol. The molecule has 0 aromatic carbocycles. The SMILES string of the molecule is CCOP(=O)(O)C1CNCC1c1ccoc1. The Morgan fingerprint density at radius 3 is 3.12 bits per heavy atom. The second-order valence-corrected chi connectivity index (χ2v) is 5.92. The fourth-order valence-electron chi connectivity index (χ4n) is 2.11. The lowest BCUT2D eigenvalue weighted by Gasteiger charge is -2.22. The van der Waals surface area contributed by atoms with Gasteiger partial charge in [0.25, 0.3) is 0 Å². The first-order chi connectivity index (χ1) is 7.65.